The average Bonchev–Trinajstić information content (AvgIpc) is 3.35. The van der Waals surface area contributed by atoms with Gasteiger partial charge >= 0.3 is 16.4 Å². The Hall–Kier alpha value is -3.53. The maximum absolute atomic E-state index is 13.5. The molecule has 42 heavy (non-hydrogen) atoms. The van der Waals surface area contributed by atoms with Crippen LogP contribution in [-0.2, 0) is 48.3 Å². The quantitative estimate of drug-likeness (QED) is 0.216. The minimum atomic E-state index is -4.45. The zero-order valence-corrected chi connectivity index (χ0v) is 26.0. The van der Waals surface area contributed by atoms with Crippen molar-refractivity contribution in [2.45, 2.75) is 56.2 Å². The molecule has 0 saturated heterocycles. The number of amides is 2. The van der Waals surface area contributed by atoms with E-state index in [0.29, 0.717) is 16.3 Å². The maximum atomic E-state index is 13.5. The summed E-state index contributed by atoms with van der Waals surface area (Å²) in [5.74, 6) is -0.783. The van der Waals surface area contributed by atoms with Gasteiger partial charge in [0, 0.05) is 11.8 Å². The van der Waals surface area contributed by atoms with E-state index in [1.165, 1.54) is 19.2 Å². The van der Waals surface area contributed by atoms with Crippen LogP contribution in [0.25, 0.3) is 0 Å². The Morgan fingerprint density at radius 3 is 2.14 bits per heavy atom. The van der Waals surface area contributed by atoms with Crippen molar-refractivity contribution in [1.29, 1.82) is 0 Å². The molecular weight excluding hydrogens is 605 g/mol. The number of rotatable bonds is 12. The molecule has 0 bridgehead atoms. The molecule has 3 aromatic rings. The lowest BCUT2D eigenvalue weighted by atomic mass is 10.0. The summed E-state index contributed by atoms with van der Waals surface area (Å²) in [6.45, 7) is 4.84. The van der Waals surface area contributed by atoms with Crippen LogP contribution in [0, 0.1) is 0 Å². The van der Waals surface area contributed by atoms with E-state index in [4.69, 9.17) is 9.29 Å². The third kappa shape index (κ3) is 9.79. The van der Waals surface area contributed by atoms with Gasteiger partial charge in [-0.15, -0.1) is 11.3 Å². The molecule has 0 radical (unpaired) electrons. The van der Waals surface area contributed by atoms with E-state index in [9.17, 15) is 26.4 Å². The van der Waals surface area contributed by atoms with Gasteiger partial charge < -0.3 is 15.4 Å². The SMILES string of the molecule is COC(=O)N[C@@H](Cc1ccccc1)C(=O)N[C@@H](Cc1ccc(NS(=O)(=O)O)cc1)c1csc(CS(=O)(=O)C(C)(C)C)n1. The number of nitrogens with zero attached hydrogens (tertiary/aromatic N) is 1. The second kappa shape index (κ2) is 13.6. The standard InChI is InChI=1S/C27H34N4O8S3/c1-27(2,3)41(34,35)17-24-28-23(16-40-24)21(14-19-10-12-20(13-11-19)31-42(36,37)38)29-25(32)22(30-26(33)39-4)15-18-8-6-5-7-9-18/h5-13,16,21-22,31H,14-15,17H2,1-4H3,(H,29,32)(H,30,33)(H,36,37,38)/t21-,22-/m0/s1. The van der Waals surface area contributed by atoms with E-state index in [-0.39, 0.29) is 24.3 Å². The van der Waals surface area contributed by atoms with Crippen molar-refractivity contribution >= 4 is 49.2 Å². The van der Waals surface area contributed by atoms with Crippen molar-refractivity contribution < 1.29 is 35.7 Å². The Labute approximate surface area is 249 Å². The number of carbonyl (C=O) groups excluding carboxylic acids is 2. The van der Waals surface area contributed by atoms with E-state index in [0.717, 1.165) is 16.9 Å². The highest BCUT2D eigenvalue weighted by atomic mass is 32.2. The van der Waals surface area contributed by atoms with Gasteiger partial charge in [0.2, 0.25) is 5.91 Å². The van der Waals surface area contributed by atoms with Crippen LogP contribution in [-0.4, -0.2) is 56.3 Å². The first-order valence-electron chi connectivity index (χ1n) is 12.8. The molecule has 0 saturated carbocycles. The van der Waals surface area contributed by atoms with Gasteiger partial charge in [-0.2, -0.15) is 8.42 Å². The van der Waals surface area contributed by atoms with Gasteiger partial charge in [0.05, 0.1) is 29.3 Å². The molecule has 2 aromatic carbocycles. The highest BCUT2D eigenvalue weighted by Crippen LogP contribution is 2.26. The molecule has 228 valence electrons. The number of sulfone groups is 1. The Kier molecular flexibility index (Phi) is 10.7. The largest absolute Gasteiger partial charge is 0.453 e. The number of thiazole rings is 1. The topological polar surface area (TPSA) is 181 Å². The summed E-state index contributed by atoms with van der Waals surface area (Å²) >= 11 is 1.16. The summed E-state index contributed by atoms with van der Waals surface area (Å²) in [4.78, 5) is 30.1. The second-order valence-corrected chi connectivity index (χ2v) is 15.3. The number of aromatic nitrogens is 1. The molecule has 0 aliphatic heterocycles. The van der Waals surface area contributed by atoms with Crippen LogP contribution in [0.5, 0.6) is 0 Å². The first-order chi connectivity index (χ1) is 19.6. The molecule has 0 aliphatic rings. The molecule has 1 heterocycles. The van der Waals surface area contributed by atoms with Gasteiger partial charge in [-0.25, -0.2) is 18.2 Å². The van der Waals surface area contributed by atoms with Crippen molar-refractivity contribution in [2.24, 2.45) is 0 Å². The van der Waals surface area contributed by atoms with Crippen LogP contribution < -0.4 is 15.4 Å². The molecule has 1 aromatic heterocycles. The number of carbonyl (C=O) groups is 2. The Balaban J connectivity index is 1.91. The number of alkyl carbamates (subject to hydrolysis) is 1. The zero-order valence-electron chi connectivity index (χ0n) is 23.5. The summed E-state index contributed by atoms with van der Waals surface area (Å²) in [5.41, 5.74) is 2.04. The van der Waals surface area contributed by atoms with E-state index < -0.39 is 49.0 Å². The van der Waals surface area contributed by atoms with Crippen LogP contribution in [0.4, 0.5) is 10.5 Å². The molecule has 4 N–H and O–H groups in total. The monoisotopic (exact) mass is 638 g/mol. The van der Waals surface area contributed by atoms with Gasteiger partial charge in [0.25, 0.3) is 0 Å². The molecule has 0 unspecified atom stereocenters. The number of nitrogens with one attached hydrogen (secondary N) is 3. The molecule has 0 spiro atoms. The molecule has 15 heteroatoms. The van der Waals surface area contributed by atoms with E-state index in [1.54, 1.807) is 38.3 Å². The highest BCUT2D eigenvalue weighted by Gasteiger charge is 2.31. The minimum Gasteiger partial charge on any atom is -0.453 e. The number of methoxy groups -OCH3 is 1. The molecule has 3 rings (SSSR count). The van der Waals surface area contributed by atoms with E-state index >= 15 is 0 Å². The van der Waals surface area contributed by atoms with Crippen LogP contribution in [0.1, 0.15) is 48.6 Å². The summed E-state index contributed by atoms with van der Waals surface area (Å²) in [5, 5.41) is 7.52. The minimum absolute atomic E-state index is 0.135. The second-order valence-electron chi connectivity index (χ2n) is 10.5. The first kappa shape index (κ1) is 33.0. The lowest BCUT2D eigenvalue weighted by molar-refractivity contribution is -0.123. The fraction of sp³-hybridized carbons (Fsp3) is 0.370. The summed E-state index contributed by atoms with van der Waals surface area (Å²) in [6, 6.07) is 13.5. The van der Waals surface area contributed by atoms with E-state index in [2.05, 4.69) is 15.6 Å². The van der Waals surface area contributed by atoms with E-state index in [1.807, 2.05) is 35.1 Å². The third-order valence-corrected chi connectivity index (χ3v) is 10.3. The lowest BCUT2D eigenvalue weighted by Gasteiger charge is -2.23. The number of benzene rings is 2. The summed E-state index contributed by atoms with van der Waals surface area (Å²) < 4.78 is 62.5. The molecule has 2 atom stereocenters. The Bertz CT molecular complexity index is 1580. The van der Waals surface area contributed by atoms with Gasteiger partial charge in [0.15, 0.2) is 9.84 Å². The van der Waals surface area contributed by atoms with Crippen molar-refractivity contribution in [2.75, 3.05) is 11.8 Å². The molecule has 0 aliphatic carbocycles. The third-order valence-electron chi connectivity index (χ3n) is 6.21. The van der Waals surface area contributed by atoms with Crippen LogP contribution in [0.3, 0.4) is 0 Å². The van der Waals surface area contributed by atoms with Gasteiger partial charge in [-0.1, -0.05) is 42.5 Å². The van der Waals surface area contributed by atoms with Crippen molar-refractivity contribution in [3.8, 4) is 0 Å². The molecular formula is C27H34N4O8S3. The fourth-order valence-corrected chi connectivity index (χ4v) is 6.41. The molecule has 0 fully saturated rings. The summed E-state index contributed by atoms with van der Waals surface area (Å²) in [6.07, 6.45) is -0.409. The van der Waals surface area contributed by atoms with Crippen molar-refractivity contribution in [1.82, 2.24) is 15.6 Å². The fourth-order valence-electron chi connectivity index (χ4n) is 3.79. The van der Waals surface area contributed by atoms with Crippen LogP contribution in [0.2, 0.25) is 0 Å². The summed E-state index contributed by atoms with van der Waals surface area (Å²) in [7, 11) is -6.77. The Morgan fingerprint density at radius 1 is 0.952 bits per heavy atom. The van der Waals surface area contributed by atoms with Crippen molar-refractivity contribution in [3.63, 3.8) is 0 Å². The first-order valence-corrected chi connectivity index (χ1v) is 16.7. The number of hydrogen-bond acceptors (Lipinski definition) is 9. The zero-order chi connectivity index (χ0) is 31.1. The lowest BCUT2D eigenvalue weighted by Crippen LogP contribution is -2.49. The van der Waals surface area contributed by atoms with Crippen LogP contribution >= 0.6 is 11.3 Å². The maximum Gasteiger partial charge on any atom is 0.407 e. The van der Waals surface area contributed by atoms with Gasteiger partial charge in [-0.05, 0) is 50.5 Å². The average molecular weight is 639 g/mol. The smallest absolute Gasteiger partial charge is 0.407 e. The number of hydrogen-bond donors (Lipinski definition) is 4. The Morgan fingerprint density at radius 2 is 1.57 bits per heavy atom. The van der Waals surface area contributed by atoms with Gasteiger partial charge in [-0.3, -0.25) is 14.1 Å². The molecule has 12 nitrogen and oxygen atoms in total. The van der Waals surface area contributed by atoms with Crippen LogP contribution in [0.15, 0.2) is 60.0 Å². The van der Waals surface area contributed by atoms with Crippen molar-refractivity contribution in [3.05, 3.63) is 81.8 Å². The normalized spacial score (nSPS) is 13.5. The van der Waals surface area contributed by atoms with Gasteiger partial charge in [0.1, 0.15) is 16.8 Å². The predicted octanol–water partition coefficient (Wildman–Crippen LogP) is 3.44. The highest BCUT2D eigenvalue weighted by molar-refractivity contribution is 7.92. The predicted molar refractivity (Wildman–Crippen MR) is 160 cm³/mol. The number of anilines is 1. The number of ether oxygens (including phenoxy) is 1. The molecule has 2 amide bonds.